The van der Waals surface area contributed by atoms with Gasteiger partial charge in [0.1, 0.15) is 0 Å². The molecular weight excluding hydrogens is 240 g/mol. The van der Waals surface area contributed by atoms with Gasteiger partial charge in [0.2, 0.25) is 0 Å². The van der Waals surface area contributed by atoms with Crippen LogP contribution in [-0.4, -0.2) is 10.5 Å². The van der Waals surface area contributed by atoms with Crippen LogP contribution < -0.4 is 5.73 Å². The van der Waals surface area contributed by atoms with Crippen molar-refractivity contribution in [1.82, 2.24) is 4.98 Å². The second-order valence-corrected chi connectivity index (χ2v) is 5.17. The van der Waals surface area contributed by atoms with Gasteiger partial charge >= 0.3 is 0 Å². The van der Waals surface area contributed by atoms with Gasteiger partial charge in [-0.25, -0.2) is 0 Å². The Morgan fingerprint density at radius 2 is 2.07 bits per heavy atom. The van der Waals surface area contributed by atoms with Crippen molar-refractivity contribution in [3.8, 4) is 0 Å². The third kappa shape index (κ3) is 2.34. The Morgan fingerprint density at radius 1 is 1.36 bits per heavy atom. The Kier molecular flexibility index (Phi) is 2.88. The van der Waals surface area contributed by atoms with Gasteiger partial charge in [-0.1, -0.05) is 12.8 Å². The zero-order chi connectivity index (χ0) is 10.0. The topological polar surface area (TPSA) is 38.9 Å². The van der Waals surface area contributed by atoms with E-state index in [2.05, 4.69) is 27.0 Å². The molecule has 2 rings (SSSR count). The van der Waals surface area contributed by atoms with E-state index in [1.54, 1.807) is 6.20 Å². The molecule has 0 unspecified atom stereocenters. The summed E-state index contributed by atoms with van der Waals surface area (Å²) in [6.07, 6.45) is 9.54. The molecule has 3 heteroatoms. The Labute approximate surface area is 93.0 Å². The molecule has 76 valence electrons. The van der Waals surface area contributed by atoms with Crippen LogP contribution in [0, 0.1) is 0 Å². The average molecular weight is 255 g/mol. The molecule has 1 aliphatic carbocycles. The predicted octanol–water partition coefficient (Wildman–Crippen LogP) is 2.66. The maximum absolute atomic E-state index is 6.30. The van der Waals surface area contributed by atoms with Crippen molar-refractivity contribution in [1.29, 1.82) is 0 Å². The molecule has 0 aromatic carbocycles. The van der Waals surface area contributed by atoms with E-state index in [0.29, 0.717) is 0 Å². The van der Waals surface area contributed by atoms with Crippen molar-refractivity contribution in [3.63, 3.8) is 0 Å². The smallest absolute Gasteiger partial charge is 0.0410 e. The molecule has 0 amide bonds. The monoisotopic (exact) mass is 254 g/mol. The van der Waals surface area contributed by atoms with Gasteiger partial charge < -0.3 is 5.73 Å². The van der Waals surface area contributed by atoms with E-state index >= 15 is 0 Å². The lowest BCUT2D eigenvalue weighted by molar-refractivity contribution is 0.436. The largest absolute Gasteiger partial charge is 0.325 e. The van der Waals surface area contributed by atoms with Gasteiger partial charge in [-0.15, -0.1) is 0 Å². The van der Waals surface area contributed by atoms with Crippen LogP contribution in [0.5, 0.6) is 0 Å². The first kappa shape index (κ1) is 10.1. The van der Waals surface area contributed by atoms with Crippen LogP contribution in [0.4, 0.5) is 0 Å². The number of pyridine rings is 1. The molecule has 1 heterocycles. The van der Waals surface area contributed by atoms with Crippen molar-refractivity contribution < 1.29 is 0 Å². The van der Waals surface area contributed by atoms with Gasteiger partial charge in [-0.2, -0.15) is 0 Å². The van der Waals surface area contributed by atoms with Gasteiger partial charge in [-0.05, 0) is 46.8 Å². The van der Waals surface area contributed by atoms with Crippen molar-refractivity contribution in [2.24, 2.45) is 5.73 Å². The number of nitrogens with two attached hydrogens (primary N) is 1. The highest BCUT2D eigenvalue weighted by atomic mass is 79.9. The SMILES string of the molecule is NC1(Cc2cncc(Br)c2)CCCC1. The lowest BCUT2D eigenvalue weighted by Gasteiger charge is -2.23. The van der Waals surface area contributed by atoms with Crippen molar-refractivity contribution in [2.75, 3.05) is 0 Å². The molecule has 0 aliphatic heterocycles. The number of rotatable bonds is 2. The average Bonchev–Trinajstić information content (AvgIpc) is 2.51. The minimum atomic E-state index is 0.0302. The standard InChI is InChI=1S/C11H15BrN2/c12-10-5-9(7-14-8-10)6-11(13)3-1-2-4-11/h5,7-8H,1-4,6,13H2. The fourth-order valence-electron chi connectivity index (χ4n) is 2.21. The maximum atomic E-state index is 6.30. The first-order valence-electron chi connectivity index (χ1n) is 5.06. The van der Waals surface area contributed by atoms with E-state index < -0.39 is 0 Å². The summed E-state index contributed by atoms with van der Waals surface area (Å²) in [5.74, 6) is 0. The number of hydrogen-bond acceptors (Lipinski definition) is 2. The number of nitrogens with zero attached hydrogens (tertiary/aromatic N) is 1. The van der Waals surface area contributed by atoms with Gasteiger partial charge in [0.15, 0.2) is 0 Å². The Bertz CT molecular complexity index is 319. The normalized spacial score (nSPS) is 19.9. The predicted molar refractivity (Wildman–Crippen MR) is 61.0 cm³/mol. The molecular formula is C11H15BrN2. The van der Waals surface area contributed by atoms with Crippen LogP contribution in [0.3, 0.4) is 0 Å². The van der Waals surface area contributed by atoms with E-state index in [-0.39, 0.29) is 5.54 Å². The second-order valence-electron chi connectivity index (χ2n) is 4.26. The molecule has 1 fully saturated rings. The molecule has 2 N–H and O–H groups in total. The summed E-state index contributed by atoms with van der Waals surface area (Å²) in [6.45, 7) is 0. The van der Waals surface area contributed by atoms with Crippen molar-refractivity contribution in [2.45, 2.75) is 37.6 Å². The van der Waals surface area contributed by atoms with Crippen LogP contribution in [0.2, 0.25) is 0 Å². The van der Waals surface area contributed by atoms with Crippen molar-refractivity contribution in [3.05, 3.63) is 28.5 Å². The Hall–Kier alpha value is -0.410. The highest BCUT2D eigenvalue weighted by Gasteiger charge is 2.29. The maximum Gasteiger partial charge on any atom is 0.0410 e. The zero-order valence-electron chi connectivity index (χ0n) is 8.17. The molecule has 14 heavy (non-hydrogen) atoms. The van der Waals surface area contributed by atoms with Crippen LogP contribution in [0.15, 0.2) is 22.9 Å². The summed E-state index contributed by atoms with van der Waals surface area (Å²) >= 11 is 3.43. The quantitative estimate of drug-likeness (QED) is 0.882. The minimum Gasteiger partial charge on any atom is -0.325 e. The van der Waals surface area contributed by atoms with Gasteiger partial charge in [0.05, 0.1) is 0 Å². The lowest BCUT2D eigenvalue weighted by Crippen LogP contribution is -2.38. The highest BCUT2D eigenvalue weighted by molar-refractivity contribution is 9.10. The molecule has 0 bridgehead atoms. The molecule has 0 radical (unpaired) electrons. The Morgan fingerprint density at radius 3 is 2.71 bits per heavy atom. The van der Waals surface area contributed by atoms with Crippen LogP contribution >= 0.6 is 15.9 Å². The third-order valence-corrected chi connectivity index (χ3v) is 3.35. The Balaban J connectivity index is 2.10. The summed E-state index contributed by atoms with van der Waals surface area (Å²) in [5, 5.41) is 0. The number of aromatic nitrogens is 1. The minimum absolute atomic E-state index is 0.0302. The van der Waals surface area contributed by atoms with Gasteiger partial charge in [0, 0.05) is 22.4 Å². The summed E-state index contributed by atoms with van der Waals surface area (Å²) in [6, 6.07) is 2.11. The summed E-state index contributed by atoms with van der Waals surface area (Å²) in [4.78, 5) is 4.15. The summed E-state index contributed by atoms with van der Waals surface area (Å²) in [7, 11) is 0. The summed E-state index contributed by atoms with van der Waals surface area (Å²) in [5.41, 5.74) is 7.57. The van der Waals surface area contributed by atoms with Gasteiger partial charge in [0.25, 0.3) is 0 Å². The van der Waals surface area contributed by atoms with Crippen LogP contribution in [-0.2, 0) is 6.42 Å². The molecule has 0 spiro atoms. The first-order valence-corrected chi connectivity index (χ1v) is 5.86. The van der Waals surface area contributed by atoms with Crippen LogP contribution in [0.25, 0.3) is 0 Å². The summed E-state index contributed by atoms with van der Waals surface area (Å²) < 4.78 is 1.04. The van der Waals surface area contributed by atoms with Crippen LogP contribution in [0.1, 0.15) is 31.2 Å². The molecule has 0 saturated heterocycles. The van der Waals surface area contributed by atoms with Gasteiger partial charge in [-0.3, -0.25) is 4.98 Å². The molecule has 1 aliphatic rings. The van der Waals surface area contributed by atoms with E-state index in [0.717, 1.165) is 23.7 Å². The molecule has 1 saturated carbocycles. The molecule has 2 nitrogen and oxygen atoms in total. The first-order chi connectivity index (χ1) is 6.68. The highest BCUT2D eigenvalue weighted by Crippen LogP contribution is 2.30. The van der Waals surface area contributed by atoms with E-state index in [1.807, 2.05) is 6.20 Å². The van der Waals surface area contributed by atoms with E-state index in [1.165, 1.54) is 18.4 Å². The number of hydrogen-bond donors (Lipinski definition) is 1. The molecule has 1 aromatic rings. The van der Waals surface area contributed by atoms with Crippen molar-refractivity contribution >= 4 is 15.9 Å². The molecule has 0 atom stereocenters. The van der Waals surface area contributed by atoms with E-state index in [9.17, 15) is 0 Å². The fraction of sp³-hybridized carbons (Fsp3) is 0.545. The molecule has 1 aromatic heterocycles. The van der Waals surface area contributed by atoms with E-state index in [4.69, 9.17) is 5.73 Å². The fourth-order valence-corrected chi connectivity index (χ4v) is 2.63. The third-order valence-electron chi connectivity index (χ3n) is 2.92. The number of halogens is 1. The lowest BCUT2D eigenvalue weighted by atomic mass is 9.91. The zero-order valence-corrected chi connectivity index (χ0v) is 9.76. The second kappa shape index (κ2) is 3.99.